The smallest absolute Gasteiger partial charge is 0.0177 e. The summed E-state index contributed by atoms with van der Waals surface area (Å²) in [6.45, 7) is 3.46. The second kappa shape index (κ2) is 5.73. The van der Waals surface area contributed by atoms with Crippen molar-refractivity contribution in [1.82, 2.24) is 10.2 Å². The molecule has 3 fully saturated rings. The van der Waals surface area contributed by atoms with Crippen LogP contribution in [0.2, 0.25) is 0 Å². The summed E-state index contributed by atoms with van der Waals surface area (Å²) in [5.41, 5.74) is 1.56. The van der Waals surface area contributed by atoms with E-state index in [-0.39, 0.29) is 0 Å². The summed E-state index contributed by atoms with van der Waals surface area (Å²) in [4.78, 5) is 2.92. The molecule has 1 aromatic carbocycles. The Balaban J connectivity index is 1.40. The first-order valence-corrected chi connectivity index (χ1v) is 8.92. The van der Waals surface area contributed by atoms with E-state index in [1.54, 1.807) is 5.56 Å². The Bertz CT molecular complexity index is 458. The van der Waals surface area contributed by atoms with E-state index in [1.807, 2.05) is 0 Å². The highest BCUT2D eigenvalue weighted by molar-refractivity contribution is 5.28. The average Bonchev–Trinajstić information content (AvgIpc) is 3.27. The van der Waals surface area contributed by atoms with E-state index in [0.717, 1.165) is 30.1 Å². The fourth-order valence-corrected chi connectivity index (χ4v) is 4.84. The molecule has 3 aliphatic rings. The standard InChI is InChI=1S/C19H28N2/c1-2-10-20-15-11-16-8-9-17(12-15)21(16)19-13-18(19)14-6-4-3-5-7-14/h3-7,15-20H,2,8-13H2,1H3. The highest BCUT2D eigenvalue weighted by atomic mass is 15.3. The number of nitrogens with one attached hydrogen (secondary N) is 1. The Hall–Kier alpha value is -0.860. The fourth-order valence-electron chi connectivity index (χ4n) is 4.84. The molecule has 1 aromatic rings. The minimum absolute atomic E-state index is 0.785. The van der Waals surface area contributed by atoms with Crippen LogP contribution in [0.15, 0.2) is 30.3 Å². The fraction of sp³-hybridized carbons (Fsp3) is 0.684. The zero-order chi connectivity index (χ0) is 14.2. The number of piperidine rings is 1. The zero-order valence-electron chi connectivity index (χ0n) is 13.2. The van der Waals surface area contributed by atoms with E-state index < -0.39 is 0 Å². The van der Waals surface area contributed by atoms with E-state index >= 15 is 0 Å². The number of benzene rings is 1. The minimum atomic E-state index is 0.785. The molecule has 2 saturated heterocycles. The van der Waals surface area contributed by atoms with Crippen molar-refractivity contribution < 1.29 is 0 Å². The summed E-state index contributed by atoms with van der Waals surface area (Å²) in [6, 6.07) is 14.5. The van der Waals surface area contributed by atoms with E-state index in [4.69, 9.17) is 0 Å². The molecular formula is C19H28N2. The molecular weight excluding hydrogens is 256 g/mol. The molecule has 21 heavy (non-hydrogen) atoms. The van der Waals surface area contributed by atoms with Crippen LogP contribution >= 0.6 is 0 Å². The van der Waals surface area contributed by atoms with Gasteiger partial charge in [-0.05, 0) is 50.6 Å². The third-order valence-electron chi connectivity index (χ3n) is 5.84. The Morgan fingerprint density at radius 2 is 1.76 bits per heavy atom. The van der Waals surface area contributed by atoms with Gasteiger partial charge in [0.05, 0.1) is 0 Å². The van der Waals surface area contributed by atoms with Crippen molar-refractivity contribution in [2.75, 3.05) is 6.54 Å². The van der Waals surface area contributed by atoms with Crippen molar-refractivity contribution >= 4 is 0 Å². The lowest BCUT2D eigenvalue weighted by Crippen LogP contribution is -2.50. The van der Waals surface area contributed by atoms with E-state index in [1.165, 1.54) is 45.1 Å². The molecule has 2 nitrogen and oxygen atoms in total. The molecule has 2 bridgehead atoms. The molecule has 1 saturated carbocycles. The van der Waals surface area contributed by atoms with Crippen LogP contribution in [0.1, 0.15) is 56.9 Å². The lowest BCUT2D eigenvalue weighted by Gasteiger charge is -2.40. The van der Waals surface area contributed by atoms with Crippen LogP contribution in [0.5, 0.6) is 0 Å². The zero-order valence-corrected chi connectivity index (χ0v) is 13.2. The molecule has 0 amide bonds. The van der Waals surface area contributed by atoms with Crippen molar-refractivity contribution in [3.63, 3.8) is 0 Å². The molecule has 1 N–H and O–H groups in total. The summed E-state index contributed by atoms with van der Waals surface area (Å²) >= 11 is 0. The van der Waals surface area contributed by atoms with E-state index in [2.05, 4.69) is 47.5 Å². The quantitative estimate of drug-likeness (QED) is 0.889. The monoisotopic (exact) mass is 284 g/mol. The maximum atomic E-state index is 3.77. The Kier molecular flexibility index (Phi) is 3.76. The number of hydrogen-bond acceptors (Lipinski definition) is 2. The van der Waals surface area contributed by atoms with Crippen molar-refractivity contribution in [2.24, 2.45) is 0 Å². The maximum absolute atomic E-state index is 3.77. The molecule has 0 radical (unpaired) electrons. The van der Waals surface area contributed by atoms with Gasteiger partial charge in [0.15, 0.2) is 0 Å². The van der Waals surface area contributed by atoms with Gasteiger partial charge in [0.1, 0.15) is 0 Å². The SMILES string of the molecule is CCCNC1CC2CCC(C1)N2C1CC1c1ccccc1. The van der Waals surface area contributed by atoms with Crippen molar-refractivity contribution in [3.8, 4) is 0 Å². The van der Waals surface area contributed by atoms with Crippen molar-refractivity contribution in [3.05, 3.63) is 35.9 Å². The molecule has 4 atom stereocenters. The summed E-state index contributed by atoms with van der Waals surface area (Å²) < 4.78 is 0. The predicted molar refractivity (Wildman–Crippen MR) is 87.6 cm³/mol. The first-order valence-electron chi connectivity index (χ1n) is 8.92. The lowest BCUT2D eigenvalue weighted by molar-refractivity contribution is 0.106. The first kappa shape index (κ1) is 13.8. The molecule has 2 heterocycles. The normalized spacial score (nSPS) is 38.6. The molecule has 1 aliphatic carbocycles. The average molecular weight is 284 g/mol. The van der Waals surface area contributed by atoms with Crippen LogP contribution in [-0.4, -0.2) is 35.6 Å². The van der Waals surface area contributed by atoms with Gasteiger partial charge in [0.25, 0.3) is 0 Å². The highest BCUT2D eigenvalue weighted by Crippen LogP contribution is 2.51. The maximum Gasteiger partial charge on any atom is 0.0177 e. The Labute approximate surface area is 128 Å². The molecule has 2 aliphatic heterocycles. The topological polar surface area (TPSA) is 15.3 Å². The summed E-state index contributed by atoms with van der Waals surface area (Å²) in [5.74, 6) is 0.814. The van der Waals surface area contributed by atoms with E-state index in [9.17, 15) is 0 Å². The van der Waals surface area contributed by atoms with Gasteiger partial charge in [-0.2, -0.15) is 0 Å². The molecule has 0 aromatic heterocycles. The van der Waals surface area contributed by atoms with Crippen LogP contribution in [0.4, 0.5) is 0 Å². The summed E-state index contributed by atoms with van der Waals surface area (Å²) in [5, 5.41) is 3.77. The van der Waals surface area contributed by atoms with Gasteiger partial charge < -0.3 is 5.32 Å². The second-order valence-electron chi connectivity index (χ2n) is 7.27. The van der Waals surface area contributed by atoms with Crippen LogP contribution in [0.25, 0.3) is 0 Å². The number of nitrogens with zero attached hydrogens (tertiary/aromatic N) is 1. The van der Waals surface area contributed by atoms with Gasteiger partial charge in [-0.15, -0.1) is 0 Å². The molecule has 4 unspecified atom stereocenters. The third kappa shape index (κ3) is 2.64. The minimum Gasteiger partial charge on any atom is -0.314 e. The molecule has 0 spiro atoms. The largest absolute Gasteiger partial charge is 0.314 e. The van der Waals surface area contributed by atoms with Gasteiger partial charge in [-0.1, -0.05) is 37.3 Å². The second-order valence-corrected chi connectivity index (χ2v) is 7.27. The van der Waals surface area contributed by atoms with Gasteiger partial charge >= 0.3 is 0 Å². The van der Waals surface area contributed by atoms with Crippen molar-refractivity contribution in [1.29, 1.82) is 0 Å². The van der Waals surface area contributed by atoms with Crippen LogP contribution < -0.4 is 5.32 Å². The Morgan fingerprint density at radius 3 is 2.43 bits per heavy atom. The van der Waals surface area contributed by atoms with Crippen LogP contribution in [0.3, 0.4) is 0 Å². The molecule has 2 heteroatoms. The van der Waals surface area contributed by atoms with Crippen LogP contribution in [0, 0.1) is 0 Å². The van der Waals surface area contributed by atoms with Gasteiger partial charge in [0.2, 0.25) is 0 Å². The molecule has 114 valence electrons. The molecule has 4 rings (SSSR count). The third-order valence-corrected chi connectivity index (χ3v) is 5.84. The number of rotatable bonds is 5. The highest BCUT2D eigenvalue weighted by Gasteiger charge is 2.52. The van der Waals surface area contributed by atoms with E-state index in [0.29, 0.717) is 0 Å². The lowest BCUT2D eigenvalue weighted by atomic mass is 9.96. The van der Waals surface area contributed by atoms with Crippen LogP contribution in [-0.2, 0) is 0 Å². The number of fused-ring (bicyclic) bond motifs is 2. The Morgan fingerprint density at radius 1 is 1.05 bits per heavy atom. The summed E-state index contributed by atoms with van der Waals surface area (Å²) in [6.07, 6.45) is 8.29. The van der Waals surface area contributed by atoms with Crippen molar-refractivity contribution in [2.45, 2.75) is 75.5 Å². The van der Waals surface area contributed by atoms with Gasteiger partial charge in [0, 0.05) is 30.1 Å². The van der Waals surface area contributed by atoms with Gasteiger partial charge in [-0.3, -0.25) is 4.90 Å². The first-order chi connectivity index (χ1) is 10.4. The summed E-state index contributed by atoms with van der Waals surface area (Å²) in [7, 11) is 0. The predicted octanol–water partition coefficient (Wildman–Crippen LogP) is 3.54. The van der Waals surface area contributed by atoms with Gasteiger partial charge in [-0.25, -0.2) is 0 Å². The number of hydrogen-bond donors (Lipinski definition) is 1.